The predicted molar refractivity (Wildman–Crippen MR) is 111 cm³/mol. The van der Waals surface area contributed by atoms with E-state index in [1.165, 1.54) is 11.8 Å². The van der Waals surface area contributed by atoms with Gasteiger partial charge in [0, 0.05) is 25.0 Å². The second-order valence-corrected chi connectivity index (χ2v) is 7.24. The van der Waals surface area contributed by atoms with Crippen LogP contribution in [0.15, 0.2) is 72.2 Å². The van der Waals surface area contributed by atoms with Crippen molar-refractivity contribution in [1.82, 2.24) is 4.90 Å². The van der Waals surface area contributed by atoms with Crippen LogP contribution in [0.2, 0.25) is 0 Å². The zero-order chi connectivity index (χ0) is 17.8. The molecule has 3 rings (SSSR count). The molecule has 0 spiro atoms. The number of carbonyl (C=O) groups is 1. The van der Waals surface area contributed by atoms with Crippen LogP contribution in [-0.4, -0.2) is 28.7 Å². The van der Waals surface area contributed by atoms with Crippen LogP contribution in [0.1, 0.15) is 5.56 Å². The molecule has 0 aliphatic carbocycles. The molecule has 0 saturated carbocycles. The van der Waals surface area contributed by atoms with Gasteiger partial charge < -0.3 is 4.90 Å². The van der Waals surface area contributed by atoms with Gasteiger partial charge in [-0.05, 0) is 35.9 Å². The van der Waals surface area contributed by atoms with E-state index in [1.54, 1.807) is 11.0 Å². The van der Waals surface area contributed by atoms with Crippen molar-refractivity contribution in [3.05, 3.63) is 77.7 Å². The zero-order valence-corrected chi connectivity index (χ0v) is 15.5. The summed E-state index contributed by atoms with van der Waals surface area (Å²) >= 11 is 6.59. The zero-order valence-electron chi connectivity index (χ0n) is 13.9. The number of thiocarbonyl (C=S) groups is 1. The van der Waals surface area contributed by atoms with Gasteiger partial charge in [-0.3, -0.25) is 9.69 Å². The largest absolute Gasteiger partial charge is 0.345 e. The smallest absolute Gasteiger partial charge is 0.266 e. The molecule has 2 aromatic carbocycles. The molecular weight excluding hydrogens is 348 g/mol. The number of para-hydroxylation sites is 1. The number of nitrogens with zero attached hydrogens (tertiary/aromatic N) is 2. The molecule has 0 atom stereocenters. The molecule has 1 aliphatic rings. The minimum absolute atomic E-state index is 0.0552. The summed E-state index contributed by atoms with van der Waals surface area (Å²) in [7, 11) is 2.03. The summed E-state index contributed by atoms with van der Waals surface area (Å²) in [6.45, 7) is 4.11. The lowest BCUT2D eigenvalue weighted by molar-refractivity contribution is -0.121. The molecule has 2 aromatic rings. The van der Waals surface area contributed by atoms with E-state index in [2.05, 4.69) is 23.6 Å². The number of hydrogen-bond acceptors (Lipinski definition) is 4. The van der Waals surface area contributed by atoms with Crippen molar-refractivity contribution in [3.63, 3.8) is 0 Å². The standard InChI is InChI=1S/C20H18N2OS2/c1-3-13-22-19(23)18(25-20(22)24)14-15-9-11-17(12-10-15)21(2)16-7-5-4-6-8-16/h3-12,14H,1,13H2,2H3/b18-14+. The van der Waals surface area contributed by atoms with Crippen molar-refractivity contribution in [1.29, 1.82) is 0 Å². The van der Waals surface area contributed by atoms with E-state index in [1.807, 2.05) is 55.6 Å². The summed E-state index contributed by atoms with van der Waals surface area (Å²) < 4.78 is 0.580. The summed E-state index contributed by atoms with van der Waals surface area (Å²) in [5, 5.41) is 0. The molecule has 5 heteroatoms. The quantitative estimate of drug-likeness (QED) is 0.429. The van der Waals surface area contributed by atoms with E-state index in [9.17, 15) is 4.79 Å². The molecule has 1 heterocycles. The summed E-state index contributed by atoms with van der Waals surface area (Å²) in [4.78, 5) is 16.7. The molecule has 0 unspecified atom stereocenters. The number of benzene rings is 2. The Kier molecular flexibility index (Phi) is 5.36. The maximum atomic E-state index is 12.4. The van der Waals surface area contributed by atoms with E-state index in [-0.39, 0.29) is 5.91 Å². The molecule has 0 bridgehead atoms. The van der Waals surface area contributed by atoms with Crippen LogP contribution in [-0.2, 0) is 4.79 Å². The van der Waals surface area contributed by atoms with Crippen molar-refractivity contribution in [3.8, 4) is 0 Å². The second-order valence-electron chi connectivity index (χ2n) is 5.57. The number of rotatable bonds is 5. The first kappa shape index (κ1) is 17.5. The Morgan fingerprint density at radius 3 is 2.40 bits per heavy atom. The molecular formula is C20H18N2OS2. The fraction of sp³-hybridized carbons (Fsp3) is 0.100. The maximum Gasteiger partial charge on any atom is 0.266 e. The van der Waals surface area contributed by atoms with Crippen molar-refractivity contribution >= 4 is 51.7 Å². The van der Waals surface area contributed by atoms with Gasteiger partial charge in [0.2, 0.25) is 0 Å². The third-order valence-corrected chi connectivity index (χ3v) is 5.28. The van der Waals surface area contributed by atoms with E-state index < -0.39 is 0 Å². The van der Waals surface area contributed by atoms with Gasteiger partial charge in [-0.2, -0.15) is 0 Å². The molecule has 1 fully saturated rings. The number of thioether (sulfide) groups is 1. The molecule has 1 aliphatic heterocycles. The summed E-state index contributed by atoms with van der Waals surface area (Å²) in [6.07, 6.45) is 3.57. The van der Waals surface area contributed by atoms with Crippen molar-refractivity contribution < 1.29 is 4.79 Å². The lowest BCUT2D eigenvalue weighted by atomic mass is 10.1. The molecule has 25 heavy (non-hydrogen) atoms. The van der Waals surface area contributed by atoms with Gasteiger partial charge in [0.25, 0.3) is 5.91 Å². The molecule has 126 valence electrons. The van der Waals surface area contributed by atoms with Crippen LogP contribution in [0.3, 0.4) is 0 Å². The third kappa shape index (κ3) is 3.83. The van der Waals surface area contributed by atoms with Crippen LogP contribution in [0.4, 0.5) is 11.4 Å². The molecule has 0 N–H and O–H groups in total. The number of carbonyl (C=O) groups excluding carboxylic acids is 1. The molecule has 3 nitrogen and oxygen atoms in total. The van der Waals surface area contributed by atoms with E-state index >= 15 is 0 Å². The van der Waals surface area contributed by atoms with Gasteiger partial charge in [0.15, 0.2) is 0 Å². The van der Waals surface area contributed by atoms with Crippen molar-refractivity contribution in [2.45, 2.75) is 0 Å². The lowest BCUT2D eigenvalue weighted by Crippen LogP contribution is -2.27. The monoisotopic (exact) mass is 366 g/mol. The Morgan fingerprint density at radius 1 is 1.12 bits per heavy atom. The highest BCUT2D eigenvalue weighted by atomic mass is 32.2. The van der Waals surface area contributed by atoms with Crippen molar-refractivity contribution in [2.24, 2.45) is 0 Å². The van der Waals surface area contributed by atoms with Gasteiger partial charge in [0.05, 0.1) is 4.91 Å². The van der Waals surface area contributed by atoms with Crippen LogP contribution in [0, 0.1) is 0 Å². The highest BCUT2D eigenvalue weighted by Crippen LogP contribution is 2.33. The average molecular weight is 367 g/mol. The minimum atomic E-state index is -0.0552. The SMILES string of the molecule is C=CCN1C(=O)/C(=C\c2ccc(N(C)c3ccccc3)cc2)SC1=S. The fourth-order valence-electron chi connectivity index (χ4n) is 2.53. The first-order chi connectivity index (χ1) is 12.1. The molecule has 0 radical (unpaired) electrons. The Bertz CT molecular complexity index is 829. The first-order valence-corrected chi connectivity index (χ1v) is 9.08. The summed E-state index contributed by atoms with van der Waals surface area (Å²) in [5.74, 6) is -0.0552. The van der Waals surface area contributed by atoms with Gasteiger partial charge in [-0.1, -0.05) is 60.4 Å². The van der Waals surface area contributed by atoms with E-state index in [4.69, 9.17) is 12.2 Å². The molecule has 1 amide bonds. The number of anilines is 2. The van der Waals surface area contributed by atoms with Gasteiger partial charge >= 0.3 is 0 Å². The fourth-order valence-corrected chi connectivity index (χ4v) is 3.81. The second kappa shape index (κ2) is 7.68. The Balaban J connectivity index is 1.78. The van der Waals surface area contributed by atoms with Crippen LogP contribution in [0.25, 0.3) is 6.08 Å². The summed E-state index contributed by atoms with van der Waals surface area (Å²) in [6, 6.07) is 18.3. The number of hydrogen-bond donors (Lipinski definition) is 0. The minimum Gasteiger partial charge on any atom is -0.345 e. The van der Waals surface area contributed by atoms with Crippen molar-refractivity contribution in [2.75, 3.05) is 18.5 Å². The highest BCUT2D eigenvalue weighted by Gasteiger charge is 2.30. The molecule has 1 saturated heterocycles. The topological polar surface area (TPSA) is 23.6 Å². The van der Waals surface area contributed by atoms with Gasteiger partial charge in [-0.15, -0.1) is 6.58 Å². The predicted octanol–water partition coefficient (Wildman–Crippen LogP) is 4.84. The third-order valence-electron chi connectivity index (χ3n) is 3.91. The highest BCUT2D eigenvalue weighted by molar-refractivity contribution is 8.26. The maximum absolute atomic E-state index is 12.4. The average Bonchev–Trinajstić information content (AvgIpc) is 2.90. The van der Waals surface area contributed by atoms with E-state index in [0.29, 0.717) is 15.8 Å². The first-order valence-electron chi connectivity index (χ1n) is 7.85. The Morgan fingerprint density at radius 2 is 1.76 bits per heavy atom. The molecule has 0 aromatic heterocycles. The van der Waals surface area contributed by atoms with Crippen LogP contribution < -0.4 is 4.90 Å². The van der Waals surface area contributed by atoms with Crippen LogP contribution >= 0.6 is 24.0 Å². The Labute approximate surface area is 157 Å². The van der Waals surface area contributed by atoms with Gasteiger partial charge in [-0.25, -0.2) is 0 Å². The Hall–Kier alpha value is -2.37. The van der Waals surface area contributed by atoms with E-state index in [0.717, 1.165) is 16.9 Å². The van der Waals surface area contributed by atoms with Gasteiger partial charge in [0.1, 0.15) is 4.32 Å². The normalized spacial score (nSPS) is 15.7. The number of amides is 1. The van der Waals surface area contributed by atoms with Crippen LogP contribution in [0.5, 0.6) is 0 Å². The summed E-state index contributed by atoms with van der Waals surface area (Å²) in [5.41, 5.74) is 3.19. The lowest BCUT2D eigenvalue weighted by Gasteiger charge is -2.19.